The lowest BCUT2D eigenvalue weighted by Gasteiger charge is -2.31. The first-order valence-corrected chi connectivity index (χ1v) is 28.5. The molecule has 0 saturated carbocycles. The lowest BCUT2D eigenvalue weighted by molar-refractivity contribution is -0.118. The topological polar surface area (TPSA) is 200 Å². The summed E-state index contributed by atoms with van der Waals surface area (Å²) >= 11 is 0. The van der Waals surface area contributed by atoms with E-state index in [2.05, 4.69) is 72.8 Å². The third kappa shape index (κ3) is 12.9. The molecule has 6 aromatic rings. The molecule has 81 heavy (non-hydrogen) atoms. The number of hydrogen-bond acceptors (Lipinski definition) is 12. The van der Waals surface area contributed by atoms with Gasteiger partial charge in [0.25, 0.3) is 0 Å². The molecule has 12 heteroatoms. The maximum absolute atomic E-state index is 11.2. The van der Waals surface area contributed by atoms with E-state index in [1.807, 2.05) is 38.1 Å². The Kier molecular flexibility index (Phi) is 19.7. The number of ether oxygens (including phenoxy) is 4. The van der Waals surface area contributed by atoms with Gasteiger partial charge in [-0.05, 0) is 235 Å². The van der Waals surface area contributed by atoms with Crippen molar-refractivity contribution in [1.29, 1.82) is 21.0 Å². The number of hydrogen-bond donors (Lipinski definition) is 0. The van der Waals surface area contributed by atoms with Crippen LogP contribution in [0.2, 0.25) is 0 Å². The second-order valence-electron chi connectivity index (χ2n) is 20.8. The standard InChI is InChI=1S/C34H32N2O4.C33H30N2O4.C2H6/c1-21(37)5-3-15-39-25-9-13-27-23(17-25)7-11-29-31(19-35)32(20-36)30-12-8-24-18-26(40-16-4-6-22(2)38)10-14-28(24)34(30)33(27)29;1-21(37)5-4-16-39-25-9-13-27-23(18-25)7-11-29-31(20-35)30(19-34)28-10-6-22-17-24(38-15-3-2-14-36)8-12-26(22)32(28)33(27)29;1-2/h9-10,13-14,17-18H,3-8,11-12,15-16H2,1-2H3;8-9,12-14,17-18H,2-7,10-11,15-16H2,1H3;1-2H3. The van der Waals surface area contributed by atoms with Gasteiger partial charge in [0, 0.05) is 25.7 Å². The highest BCUT2D eigenvalue weighted by atomic mass is 16.5. The van der Waals surface area contributed by atoms with E-state index in [0.29, 0.717) is 126 Å². The number of nitrogens with zero attached hydrogens (tertiary/aromatic N) is 4. The molecule has 0 amide bonds. The molecule has 0 radical (unpaired) electrons. The number of aldehydes is 1. The van der Waals surface area contributed by atoms with Crippen LogP contribution in [0.15, 0.2) is 72.8 Å². The largest absolute Gasteiger partial charge is 0.494 e. The van der Waals surface area contributed by atoms with Gasteiger partial charge in [-0.2, -0.15) is 21.0 Å². The van der Waals surface area contributed by atoms with Crippen molar-refractivity contribution in [3.8, 4) is 91.8 Å². The number of fused-ring (bicyclic) bond motifs is 14. The van der Waals surface area contributed by atoms with E-state index in [4.69, 9.17) is 18.9 Å². The fourth-order valence-electron chi connectivity index (χ4n) is 11.8. The molecule has 0 N–H and O–H groups in total. The number of aryl methyl sites for hydroxylation is 4. The van der Waals surface area contributed by atoms with E-state index in [0.717, 1.165) is 144 Å². The number of Topliss-reactive ketones (excluding diaryl/α,β-unsaturated/α-hetero) is 3. The highest BCUT2D eigenvalue weighted by Gasteiger charge is 2.34. The van der Waals surface area contributed by atoms with Gasteiger partial charge < -0.3 is 38.1 Å². The van der Waals surface area contributed by atoms with Gasteiger partial charge in [0.1, 0.15) is 70.9 Å². The minimum Gasteiger partial charge on any atom is -0.494 e. The summed E-state index contributed by atoms with van der Waals surface area (Å²) in [5.41, 5.74) is 18.9. The normalized spacial score (nSPS) is 12.4. The molecule has 0 fully saturated rings. The summed E-state index contributed by atoms with van der Waals surface area (Å²) in [4.78, 5) is 44.3. The van der Waals surface area contributed by atoms with Gasteiger partial charge in [0.2, 0.25) is 0 Å². The van der Waals surface area contributed by atoms with Crippen LogP contribution in [0.3, 0.4) is 0 Å². The molecular weight excluding hydrogens is 1010 g/mol. The Hall–Kier alpha value is -8.84. The van der Waals surface area contributed by atoms with Crippen LogP contribution in [0.5, 0.6) is 23.0 Å². The Morgan fingerprint density at radius 3 is 0.877 bits per heavy atom. The first kappa shape index (κ1) is 58.3. The minimum absolute atomic E-state index is 0.160. The average Bonchev–Trinajstić information content (AvgIpc) is 3.49. The molecule has 6 aromatic carbocycles. The third-order valence-corrected chi connectivity index (χ3v) is 15.4. The summed E-state index contributed by atoms with van der Waals surface area (Å²) in [5, 5.41) is 40.5. The van der Waals surface area contributed by atoms with Gasteiger partial charge in [0.15, 0.2) is 0 Å². The minimum atomic E-state index is 0.160. The van der Waals surface area contributed by atoms with Crippen LogP contribution in [0, 0.1) is 45.3 Å². The zero-order chi connectivity index (χ0) is 57.6. The Bertz CT molecular complexity index is 3480. The first-order chi connectivity index (χ1) is 39.5. The zero-order valence-corrected chi connectivity index (χ0v) is 47.2. The van der Waals surface area contributed by atoms with E-state index in [1.54, 1.807) is 20.8 Å². The number of rotatable bonds is 20. The monoisotopic (exact) mass is 1080 g/mol. The van der Waals surface area contributed by atoms with Gasteiger partial charge in [-0.3, -0.25) is 0 Å². The molecule has 4 aliphatic carbocycles. The molecule has 0 heterocycles. The highest BCUT2D eigenvalue weighted by Crippen LogP contribution is 2.51. The zero-order valence-electron chi connectivity index (χ0n) is 47.2. The molecule has 0 aromatic heterocycles. The van der Waals surface area contributed by atoms with Crippen LogP contribution < -0.4 is 18.9 Å². The summed E-state index contributed by atoms with van der Waals surface area (Å²) in [5.74, 6) is 3.59. The van der Waals surface area contributed by atoms with E-state index in [1.165, 1.54) is 0 Å². The van der Waals surface area contributed by atoms with Gasteiger partial charge >= 0.3 is 0 Å². The van der Waals surface area contributed by atoms with Crippen LogP contribution in [0.25, 0.3) is 44.5 Å². The van der Waals surface area contributed by atoms with Crippen LogP contribution in [-0.4, -0.2) is 50.1 Å². The maximum atomic E-state index is 11.2. The second kappa shape index (κ2) is 27.4. The van der Waals surface area contributed by atoms with Crippen LogP contribution in [0.4, 0.5) is 0 Å². The van der Waals surface area contributed by atoms with Crippen LogP contribution in [0.1, 0.15) is 153 Å². The van der Waals surface area contributed by atoms with Crippen molar-refractivity contribution in [2.45, 2.75) is 137 Å². The lowest BCUT2D eigenvalue weighted by Crippen LogP contribution is -2.16. The van der Waals surface area contributed by atoms with Gasteiger partial charge in [-0.15, -0.1) is 0 Å². The van der Waals surface area contributed by atoms with Crippen molar-refractivity contribution in [2.75, 3.05) is 26.4 Å². The van der Waals surface area contributed by atoms with Crippen molar-refractivity contribution < 1.29 is 38.1 Å². The first-order valence-electron chi connectivity index (χ1n) is 28.5. The van der Waals surface area contributed by atoms with E-state index >= 15 is 0 Å². The second-order valence-corrected chi connectivity index (χ2v) is 20.8. The number of benzene rings is 6. The van der Waals surface area contributed by atoms with Crippen LogP contribution in [-0.2, 0) is 70.5 Å². The Morgan fingerprint density at radius 1 is 0.407 bits per heavy atom. The molecule has 12 nitrogen and oxygen atoms in total. The smallest absolute Gasteiger partial charge is 0.129 e. The van der Waals surface area contributed by atoms with Gasteiger partial charge in [0.05, 0.1) is 48.7 Å². The van der Waals surface area contributed by atoms with E-state index in [9.17, 15) is 40.2 Å². The van der Waals surface area contributed by atoms with E-state index < -0.39 is 0 Å². The molecule has 0 atom stereocenters. The van der Waals surface area contributed by atoms with Crippen molar-refractivity contribution >= 4 is 23.6 Å². The molecule has 0 aliphatic heterocycles. The molecule has 10 rings (SSSR count). The SMILES string of the molecule is CC.CC(=O)CCCOc1ccc2c(c1)CCc1c(C#N)c(C#N)c3c(c1-2)-c1ccc(OCCCC(C)=O)cc1CC3.CC(=O)CCCOc1ccc2c(c1)CCc1c(C#N)c(C#N)c3c(c1-2)-c1ccc(OCCCC=O)cc1CC3. The summed E-state index contributed by atoms with van der Waals surface area (Å²) in [6.45, 7) is 10.7. The Labute approximate surface area is 475 Å². The van der Waals surface area contributed by atoms with Crippen molar-refractivity contribution in [2.24, 2.45) is 0 Å². The highest BCUT2D eigenvalue weighted by molar-refractivity contribution is 5.97. The van der Waals surface area contributed by atoms with Crippen molar-refractivity contribution in [3.63, 3.8) is 0 Å². The van der Waals surface area contributed by atoms with E-state index in [-0.39, 0.29) is 17.3 Å². The predicted molar refractivity (Wildman–Crippen MR) is 311 cm³/mol. The number of carbonyl (C=O) groups is 4. The van der Waals surface area contributed by atoms with Crippen molar-refractivity contribution in [1.82, 2.24) is 0 Å². The molecule has 412 valence electrons. The third-order valence-electron chi connectivity index (χ3n) is 15.4. The summed E-state index contributed by atoms with van der Waals surface area (Å²) in [6.07, 6.45) is 11.4. The van der Waals surface area contributed by atoms with Gasteiger partial charge in [-0.25, -0.2) is 0 Å². The molecular formula is C69H68N4O8. The average molecular weight is 1080 g/mol. The molecule has 0 unspecified atom stereocenters. The summed E-state index contributed by atoms with van der Waals surface area (Å²) in [6, 6.07) is 33.8. The maximum Gasteiger partial charge on any atom is 0.129 e. The summed E-state index contributed by atoms with van der Waals surface area (Å²) in [7, 11) is 0. The lowest BCUT2D eigenvalue weighted by atomic mass is 9.72. The number of nitriles is 4. The van der Waals surface area contributed by atoms with Crippen molar-refractivity contribution in [3.05, 3.63) is 140 Å². The molecule has 0 saturated heterocycles. The molecule has 0 spiro atoms. The molecule has 4 aliphatic rings. The fourth-order valence-corrected chi connectivity index (χ4v) is 11.8. The predicted octanol–water partition coefficient (Wildman–Crippen LogP) is 13.6. The Morgan fingerprint density at radius 2 is 0.654 bits per heavy atom. The molecule has 0 bridgehead atoms. The van der Waals surface area contributed by atoms with Crippen LogP contribution >= 0.6 is 0 Å². The number of ketones is 3. The van der Waals surface area contributed by atoms with Gasteiger partial charge in [-0.1, -0.05) is 38.1 Å². The summed E-state index contributed by atoms with van der Waals surface area (Å²) < 4.78 is 23.7. The fraction of sp³-hybridized carbons (Fsp3) is 0.362. The number of unbranched alkanes of at least 4 members (excludes halogenated alkanes) is 1. The number of carbonyl (C=O) groups excluding carboxylic acids is 4. The Balaban J connectivity index is 0.000000206. The quantitative estimate of drug-likeness (QED) is 0.0518.